The molecule has 1 N–H and O–H groups in total. The van der Waals surface area contributed by atoms with Crippen LogP contribution in [0.3, 0.4) is 0 Å². The first-order chi connectivity index (χ1) is 10.6. The van der Waals surface area contributed by atoms with Gasteiger partial charge in [-0.05, 0) is 22.4 Å². The molecule has 0 atom stereocenters. The van der Waals surface area contributed by atoms with Crippen molar-refractivity contribution in [2.24, 2.45) is 0 Å². The van der Waals surface area contributed by atoms with Crippen LogP contribution in [0.4, 0.5) is 0 Å². The molecule has 3 rings (SSSR count). The number of imidazole rings is 1. The third-order valence-corrected chi connectivity index (χ3v) is 3.13. The summed E-state index contributed by atoms with van der Waals surface area (Å²) >= 11 is 6.31. The molecule has 22 heavy (non-hydrogen) atoms. The molecule has 0 amide bonds. The Kier molecular flexibility index (Phi) is 5.11. The molecule has 0 spiro atoms. The molecule has 0 fully saturated rings. The van der Waals surface area contributed by atoms with Crippen LogP contribution in [0.25, 0.3) is 22.0 Å². The predicted molar refractivity (Wildman–Crippen MR) is 85.0 cm³/mol. The first-order valence-corrected chi connectivity index (χ1v) is 6.61. The quantitative estimate of drug-likeness (QED) is 0.574. The Balaban J connectivity index is 0.000000396. The molecule has 0 aliphatic rings. The summed E-state index contributed by atoms with van der Waals surface area (Å²) in [7, 11) is 0. The summed E-state index contributed by atoms with van der Waals surface area (Å²) in [6, 6.07) is 14.4. The number of halogens is 1. The summed E-state index contributed by atoms with van der Waals surface area (Å²) in [4.78, 5) is 12.3. The van der Waals surface area contributed by atoms with Crippen LogP contribution < -0.4 is 0 Å². The van der Waals surface area contributed by atoms with Crippen molar-refractivity contribution in [3.05, 3.63) is 76.9 Å². The van der Waals surface area contributed by atoms with Gasteiger partial charge in [0, 0.05) is 18.6 Å². The standard InChI is InChI=1S/C15H11ClN2.HNO3/c16-15(10-18-8-7-17-11-18)14-6-5-12-3-1-2-4-13(12)9-14;2-1(3)4/h1-11H;(H,2,3,4). The second-order valence-corrected chi connectivity index (χ2v) is 4.69. The maximum Gasteiger partial charge on any atom is 0.291 e. The van der Waals surface area contributed by atoms with E-state index >= 15 is 0 Å². The van der Waals surface area contributed by atoms with Crippen molar-refractivity contribution in [3.63, 3.8) is 0 Å². The van der Waals surface area contributed by atoms with E-state index in [1.54, 1.807) is 12.5 Å². The summed E-state index contributed by atoms with van der Waals surface area (Å²) in [5.74, 6) is 0. The Morgan fingerprint density at radius 1 is 1.27 bits per heavy atom. The van der Waals surface area contributed by atoms with Crippen LogP contribution >= 0.6 is 11.6 Å². The van der Waals surface area contributed by atoms with Crippen LogP contribution in [0.2, 0.25) is 0 Å². The number of aromatic nitrogens is 2. The van der Waals surface area contributed by atoms with E-state index < -0.39 is 5.09 Å². The van der Waals surface area contributed by atoms with Crippen molar-refractivity contribution in [2.45, 2.75) is 0 Å². The molecule has 2 aromatic carbocycles. The highest BCUT2D eigenvalue weighted by molar-refractivity contribution is 6.50. The monoisotopic (exact) mass is 317 g/mol. The van der Waals surface area contributed by atoms with Crippen molar-refractivity contribution in [1.82, 2.24) is 9.55 Å². The number of nitrogens with zero attached hydrogens (tertiary/aromatic N) is 3. The highest BCUT2D eigenvalue weighted by atomic mass is 35.5. The van der Waals surface area contributed by atoms with Crippen molar-refractivity contribution in [1.29, 1.82) is 0 Å². The van der Waals surface area contributed by atoms with Crippen molar-refractivity contribution < 1.29 is 10.3 Å². The first kappa shape index (κ1) is 15.5. The molecule has 0 saturated carbocycles. The predicted octanol–water partition coefficient (Wildman–Crippen LogP) is 3.88. The van der Waals surface area contributed by atoms with Crippen LogP contribution in [0, 0.1) is 10.1 Å². The van der Waals surface area contributed by atoms with Crippen LogP contribution in [0.15, 0.2) is 61.2 Å². The Labute approximate surface area is 131 Å². The SMILES string of the molecule is ClC(=Cn1ccnc1)c1ccc2ccccc2c1.O=[N+]([O-])O. The second kappa shape index (κ2) is 7.24. The average molecular weight is 318 g/mol. The van der Waals surface area contributed by atoms with Gasteiger partial charge in [-0.25, -0.2) is 4.98 Å². The summed E-state index contributed by atoms with van der Waals surface area (Å²) in [5.41, 5.74) is 1.00. The highest BCUT2D eigenvalue weighted by Crippen LogP contribution is 2.24. The van der Waals surface area contributed by atoms with Gasteiger partial charge in [0.2, 0.25) is 0 Å². The minimum atomic E-state index is -1.50. The molecule has 0 unspecified atom stereocenters. The van der Waals surface area contributed by atoms with Gasteiger partial charge in [-0.1, -0.05) is 48.0 Å². The fraction of sp³-hybridized carbons (Fsp3) is 0. The highest BCUT2D eigenvalue weighted by Gasteiger charge is 2.00. The zero-order valence-electron chi connectivity index (χ0n) is 11.3. The largest absolute Gasteiger partial charge is 0.328 e. The van der Waals surface area contributed by atoms with Gasteiger partial charge in [0.05, 0.1) is 11.4 Å². The van der Waals surface area contributed by atoms with Crippen LogP contribution in [-0.4, -0.2) is 19.8 Å². The Morgan fingerprint density at radius 3 is 2.59 bits per heavy atom. The van der Waals surface area contributed by atoms with E-state index in [1.165, 1.54) is 10.8 Å². The summed E-state index contributed by atoms with van der Waals surface area (Å²) in [6.45, 7) is 0. The molecule has 0 radical (unpaired) electrons. The van der Waals surface area contributed by atoms with E-state index in [2.05, 4.69) is 29.2 Å². The third-order valence-electron chi connectivity index (χ3n) is 2.81. The molecule has 112 valence electrons. The fourth-order valence-corrected chi connectivity index (χ4v) is 2.12. The molecule has 0 aliphatic heterocycles. The summed E-state index contributed by atoms with van der Waals surface area (Å²) < 4.78 is 1.83. The van der Waals surface area contributed by atoms with Gasteiger partial charge in [-0.3, -0.25) is 0 Å². The molecule has 3 aromatic rings. The molecule has 0 saturated heterocycles. The lowest BCUT2D eigenvalue weighted by Crippen LogP contribution is -1.83. The summed E-state index contributed by atoms with van der Waals surface area (Å²) in [6.07, 6.45) is 7.13. The third kappa shape index (κ3) is 4.32. The lowest BCUT2D eigenvalue weighted by molar-refractivity contribution is -0.742. The van der Waals surface area contributed by atoms with Gasteiger partial charge in [0.1, 0.15) is 0 Å². The van der Waals surface area contributed by atoms with E-state index in [-0.39, 0.29) is 0 Å². The smallest absolute Gasteiger partial charge is 0.291 e. The molecule has 1 heterocycles. The van der Waals surface area contributed by atoms with E-state index in [0.717, 1.165) is 5.56 Å². The van der Waals surface area contributed by atoms with Crippen LogP contribution in [0.5, 0.6) is 0 Å². The summed E-state index contributed by atoms with van der Waals surface area (Å²) in [5, 5.41) is 16.7. The maximum atomic E-state index is 8.36. The zero-order chi connectivity index (χ0) is 15.9. The molecule has 0 aliphatic carbocycles. The van der Waals surface area contributed by atoms with Crippen molar-refractivity contribution in [2.75, 3.05) is 0 Å². The van der Waals surface area contributed by atoms with E-state index in [0.29, 0.717) is 5.03 Å². The van der Waals surface area contributed by atoms with Gasteiger partial charge in [-0.15, -0.1) is 10.1 Å². The van der Waals surface area contributed by atoms with E-state index in [1.807, 2.05) is 35.2 Å². The number of hydrogen-bond acceptors (Lipinski definition) is 3. The number of rotatable bonds is 2. The lowest BCUT2D eigenvalue weighted by Gasteiger charge is -2.03. The Morgan fingerprint density at radius 2 is 1.95 bits per heavy atom. The van der Waals surface area contributed by atoms with Gasteiger partial charge in [0.25, 0.3) is 5.09 Å². The van der Waals surface area contributed by atoms with Crippen molar-refractivity contribution >= 4 is 33.6 Å². The Bertz CT molecular complexity index is 797. The van der Waals surface area contributed by atoms with E-state index in [9.17, 15) is 0 Å². The van der Waals surface area contributed by atoms with E-state index in [4.69, 9.17) is 26.9 Å². The normalized spacial score (nSPS) is 10.9. The topological polar surface area (TPSA) is 81.2 Å². The first-order valence-electron chi connectivity index (χ1n) is 6.23. The number of fused-ring (bicyclic) bond motifs is 1. The molecular formula is C15H12ClN3O3. The average Bonchev–Trinajstić information content (AvgIpc) is 2.99. The maximum absolute atomic E-state index is 8.36. The zero-order valence-corrected chi connectivity index (χ0v) is 12.1. The number of hydrogen-bond donors (Lipinski definition) is 1. The minimum Gasteiger partial charge on any atom is -0.328 e. The van der Waals surface area contributed by atoms with Crippen LogP contribution in [0.1, 0.15) is 5.56 Å². The molecule has 6 nitrogen and oxygen atoms in total. The van der Waals surface area contributed by atoms with Gasteiger partial charge < -0.3 is 9.77 Å². The van der Waals surface area contributed by atoms with Gasteiger partial charge in [0.15, 0.2) is 0 Å². The second-order valence-electron chi connectivity index (χ2n) is 4.29. The minimum absolute atomic E-state index is 0.693. The van der Waals surface area contributed by atoms with Crippen LogP contribution in [-0.2, 0) is 0 Å². The lowest BCUT2D eigenvalue weighted by atomic mass is 10.1. The molecule has 1 aromatic heterocycles. The number of benzene rings is 2. The molecular weight excluding hydrogens is 306 g/mol. The molecule has 0 bridgehead atoms. The Hall–Kier alpha value is -2.86. The van der Waals surface area contributed by atoms with Gasteiger partial charge >= 0.3 is 0 Å². The van der Waals surface area contributed by atoms with Gasteiger partial charge in [-0.2, -0.15) is 0 Å². The fourth-order valence-electron chi connectivity index (χ4n) is 1.89. The molecule has 7 heteroatoms. The van der Waals surface area contributed by atoms with Crippen molar-refractivity contribution in [3.8, 4) is 0 Å².